The highest BCUT2D eigenvalue weighted by molar-refractivity contribution is 5.85. The minimum Gasteiger partial charge on any atom is -0.497 e. The van der Waals surface area contributed by atoms with Crippen LogP contribution in [-0.4, -0.2) is 17.3 Å². The van der Waals surface area contributed by atoms with Gasteiger partial charge in [-0.25, -0.2) is 0 Å². The molecular formula is C15H13N3O2. The molecule has 0 unspecified atom stereocenters. The van der Waals surface area contributed by atoms with Crippen LogP contribution in [0, 0.1) is 0 Å². The van der Waals surface area contributed by atoms with Crippen LogP contribution in [0.15, 0.2) is 53.2 Å². The normalized spacial score (nSPS) is 10.4. The van der Waals surface area contributed by atoms with Gasteiger partial charge >= 0.3 is 0 Å². The Kier molecular flexibility index (Phi) is 3.09. The third kappa shape index (κ3) is 2.09. The van der Waals surface area contributed by atoms with Crippen LogP contribution in [0.1, 0.15) is 0 Å². The van der Waals surface area contributed by atoms with Crippen LogP contribution in [0.5, 0.6) is 5.75 Å². The summed E-state index contributed by atoms with van der Waals surface area (Å²) >= 11 is 0. The van der Waals surface area contributed by atoms with Crippen molar-refractivity contribution in [2.24, 2.45) is 0 Å². The van der Waals surface area contributed by atoms with Gasteiger partial charge in [0.15, 0.2) is 11.6 Å². The highest BCUT2D eigenvalue weighted by Gasteiger charge is 2.18. The van der Waals surface area contributed by atoms with Gasteiger partial charge in [0.2, 0.25) is 0 Å². The largest absolute Gasteiger partial charge is 0.497 e. The number of methoxy groups -OCH3 is 1. The molecule has 0 fully saturated rings. The fourth-order valence-electron chi connectivity index (χ4n) is 2.01. The van der Waals surface area contributed by atoms with Gasteiger partial charge in [-0.1, -0.05) is 23.4 Å². The van der Waals surface area contributed by atoms with Crippen LogP contribution in [0.3, 0.4) is 0 Å². The number of anilines is 1. The molecule has 20 heavy (non-hydrogen) atoms. The molecule has 0 saturated heterocycles. The van der Waals surface area contributed by atoms with E-state index in [1.54, 1.807) is 13.3 Å². The first kappa shape index (κ1) is 12.2. The van der Waals surface area contributed by atoms with E-state index in [-0.39, 0.29) is 0 Å². The van der Waals surface area contributed by atoms with Crippen molar-refractivity contribution in [3.63, 3.8) is 0 Å². The Hall–Kier alpha value is -2.82. The van der Waals surface area contributed by atoms with Gasteiger partial charge < -0.3 is 15.0 Å². The van der Waals surface area contributed by atoms with Crippen LogP contribution >= 0.6 is 0 Å². The summed E-state index contributed by atoms with van der Waals surface area (Å²) < 4.78 is 10.5. The van der Waals surface area contributed by atoms with E-state index in [4.69, 9.17) is 15.0 Å². The summed E-state index contributed by atoms with van der Waals surface area (Å²) in [5.41, 5.74) is 8.26. The molecule has 0 spiro atoms. The molecule has 2 heterocycles. The van der Waals surface area contributed by atoms with Crippen LogP contribution in [0.4, 0.5) is 5.82 Å². The van der Waals surface area contributed by atoms with E-state index in [0.717, 1.165) is 16.9 Å². The predicted molar refractivity (Wildman–Crippen MR) is 76.1 cm³/mol. The van der Waals surface area contributed by atoms with Crippen LogP contribution in [0.2, 0.25) is 0 Å². The van der Waals surface area contributed by atoms with Gasteiger partial charge in [0.1, 0.15) is 11.4 Å². The molecule has 0 aliphatic heterocycles. The second-order valence-electron chi connectivity index (χ2n) is 4.22. The molecular weight excluding hydrogens is 254 g/mol. The van der Waals surface area contributed by atoms with Crippen molar-refractivity contribution in [1.82, 2.24) is 10.1 Å². The lowest BCUT2D eigenvalue weighted by molar-refractivity contribution is 0.415. The molecule has 0 bridgehead atoms. The summed E-state index contributed by atoms with van der Waals surface area (Å²) in [5.74, 6) is 1.69. The number of rotatable bonds is 3. The number of nitrogen functional groups attached to an aromatic ring is 1. The Labute approximate surface area is 116 Å². The Morgan fingerprint density at radius 1 is 1.10 bits per heavy atom. The van der Waals surface area contributed by atoms with Crippen LogP contribution in [0.25, 0.3) is 22.6 Å². The van der Waals surface area contributed by atoms with Crippen molar-refractivity contribution in [3.05, 3.63) is 48.7 Å². The summed E-state index contributed by atoms with van der Waals surface area (Å²) in [7, 11) is 1.63. The van der Waals surface area contributed by atoms with Gasteiger partial charge in [0.25, 0.3) is 0 Å². The fraction of sp³-hybridized carbons (Fsp3) is 0.0667. The molecule has 0 atom stereocenters. The molecule has 2 N–H and O–H groups in total. The average molecular weight is 267 g/mol. The topological polar surface area (TPSA) is 74.2 Å². The lowest BCUT2D eigenvalue weighted by atomic mass is 10.0. The first-order chi connectivity index (χ1) is 9.79. The smallest absolute Gasteiger partial charge is 0.195 e. The molecule has 2 aromatic heterocycles. The summed E-state index contributed by atoms with van der Waals surface area (Å²) in [6, 6.07) is 13.1. The molecule has 0 aliphatic carbocycles. The molecule has 5 heteroatoms. The van der Waals surface area contributed by atoms with E-state index < -0.39 is 0 Å². The zero-order valence-electron chi connectivity index (χ0n) is 10.9. The number of nitrogens with zero attached hydrogens (tertiary/aromatic N) is 2. The van der Waals surface area contributed by atoms with Crippen molar-refractivity contribution >= 4 is 5.82 Å². The van der Waals surface area contributed by atoms with Gasteiger partial charge in [-0.3, -0.25) is 4.98 Å². The van der Waals surface area contributed by atoms with Crippen molar-refractivity contribution in [1.29, 1.82) is 0 Å². The standard InChI is InChI=1S/C15H13N3O2/c1-19-11-7-5-10(6-8-11)13-14(20-18-15(13)16)12-4-2-3-9-17-12/h2-9H,1H3,(H2,16,18). The lowest BCUT2D eigenvalue weighted by Gasteiger charge is -2.04. The Balaban J connectivity index is 2.11. The number of benzene rings is 1. The second kappa shape index (κ2) is 5.05. The number of ether oxygens (including phenoxy) is 1. The lowest BCUT2D eigenvalue weighted by Crippen LogP contribution is -1.90. The maximum atomic E-state index is 5.92. The summed E-state index contributed by atoms with van der Waals surface area (Å²) in [5, 5.41) is 3.84. The number of hydrogen-bond donors (Lipinski definition) is 1. The van der Waals surface area contributed by atoms with E-state index in [2.05, 4.69) is 10.1 Å². The number of nitrogens with two attached hydrogens (primary N) is 1. The Morgan fingerprint density at radius 3 is 2.55 bits per heavy atom. The number of aromatic nitrogens is 2. The van der Waals surface area contributed by atoms with Gasteiger partial charge in [-0.2, -0.15) is 0 Å². The third-order valence-corrected chi connectivity index (χ3v) is 2.99. The highest BCUT2D eigenvalue weighted by atomic mass is 16.5. The maximum Gasteiger partial charge on any atom is 0.195 e. The molecule has 3 aromatic rings. The quantitative estimate of drug-likeness (QED) is 0.789. The summed E-state index contributed by atoms with van der Waals surface area (Å²) in [6.07, 6.45) is 1.70. The zero-order valence-corrected chi connectivity index (χ0v) is 10.9. The average Bonchev–Trinajstić information content (AvgIpc) is 2.90. The minimum atomic E-state index is 0.343. The fourth-order valence-corrected chi connectivity index (χ4v) is 2.01. The van der Waals surface area contributed by atoms with Gasteiger partial charge in [0, 0.05) is 6.20 Å². The summed E-state index contributed by atoms with van der Waals surface area (Å²) in [6.45, 7) is 0. The molecule has 5 nitrogen and oxygen atoms in total. The van der Waals surface area contributed by atoms with Gasteiger partial charge in [0.05, 0.1) is 12.7 Å². The first-order valence-corrected chi connectivity index (χ1v) is 6.10. The number of hydrogen-bond acceptors (Lipinski definition) is 5. The summed E-state index contributed by atoms with van der Waals surface area (Å²) in [4.78, 5) is 4.27. The SMILES string of the molecule is COc1ccc(-c2c(N)noc2-c2ccccn2)cc1. The van der Waals surface area contributed by atoms with Gasteiger partial charge in [-0.05, 0) is 29.8 Å². The highest BCUT2D eigenvalue weighted by Crippen LogP contribution is 2.36. The van der Waals surface area contributed by atoms with Gasteiger partial charge in [-0.15, -0.1) is 0 Å². The van der Waals surface area contributed by atoms with E-state index in [0.29, 0.717) is 17.3 Å². The predicted octanol–water partition coefficient (Wildman–Crippen LogP) is 2.99. The molecule has 100 valence electrons. The van der Waals surface area contributed by atoms with Crippen molar-refractivity contribution < 1.29 is 9.26 Å². The second-order valence-corrected chi connectivity index (χ2v) is 4.22. The molecule has 0 radical (unpaired) electrons. The van der Waals surface area contributed by atoms with Crippen molar-refractivity contribution in [2.45, 2.75) is 0 Å². The van der Waals surface area contributed by atoms with E-state index in [9.17, 15) is 0 Å². The van der Waals surface area contributed by atoms with E-state index >= 15 is 0 Å². The first-order valence-electron chi connectivity index (χ1n) is 6.10. The number of pyridine rings is 1. The molecule has 1 aromatic carbocycles. The monoisotopic (exact) mass is 267 g/mol. The van der Waals surface area contributed by atoms with Crippen molar-refractivity contribution in [3.8, 4) is 28.3 Å². The molecule has 3 rings (SSSR count). The van der Waals surface area contributed by atoms with E-state index in [1.165, 1.54) is 0 Å². The molecule has 0 amide bonds. The van der Waals surface area contributed by atoms with Crippen LogP contribution in [-0.2, 0) is 0 Å². The molecule has 0 saturated carbocycles. The zero-order chi connectivity index (χ0) is 13.9. The van der Waals surface area contributed by atoms with Crippen molar-refractivity contribution in [2.75, 3.05) is 12.8 Å². The Bertz CT molecular complexity index is 706. The van der Waals surface area contributed by atoms with Crippen LogP contribution < -0.4 is 10.5 Å². The maximum absolute atomic E-state index is 5.92. The third-order valence-electron chi connectivity index (χ3n) is 2.99. The van der Waals surface area contributed by atoms with E-state index in [1.807, 2.05) is 42.5 Å². The Morgan fingerprint density at radius 2 is 1.90 bits per heavy atom. The minimum absolute atomic E-state index is 0.343. The molecule has 0 aliphatic rings.